The van der Waals surface area contributed by atoms with Gasteiger partial charge in [-0.05, 0) is 51.3 Å². The lowest BCUT2D eigenvalue weighted by molar-refractivity contribution is -0.127. The van der Waals surface area contributed by atoms with Crippen molar-refractivity contribution in [2.24, 2.45) is 5.92 Å². The predicted molar refractivity (Wildman–Crippen MR) is 111 cm³/mol. The molecule has 2 fully saturated rings. The molecule has 0 aromatic carbocycles. The number of piperidine rings is 2. The first-order chi connectivity index (χ1) is 14.6. The zero-order chi connectivity index (χ0) is 20.9. The van der Waals surface area contributed by atoms with Crippen LogP contribution in [0.3, 0.4) is 0 Å². The summed E-state index contributed by atoms with van der Waals surface area (Å²) in [5, 5.41) is 6.88. The van der Waals surface area contributed by atoms with Gasteiger partial charge in [0.2, 0.25) is 5.91 Å². The smallest absolute Gasteiger partial charge is 0.276 e. The zero-order valence-corrected chi connectivity index (χ0v) is 17.4. The molecule has 1 N–H and O–H groups in total. The van der Waals surface area contributed by atoms with Crippen molar-refractivity contribution in [3.05, 3.63) is 47.6 Å². The number of aromatic nitrogens is 2. The molecule has 8 nitrogen and oxygen atoms in total. The maximum Gasteiger partial charge on any atom is 0.276 e. The van der Waals surface area contributed by atoms with Gasteiger partial charge in [-0.3, -0.25) is 19.5 Å². The zero-order valence-electron chi connectivity index (χ0n) is 17.4. The first-order valence-electron chi connectivity index (χ1n) is 10.7. The van der Waals surface area contributed by atoms with E-state index in [1.807, 2.05) is 23.1 Å². The van der Waals surface area contributed by atoms with E-state index < -0.39 is 0 Å². The minimum absolute atomic E-state index is 0.0141. The molecule has 0 aliphatic carbocycles. The number of carbonyl (C=O) groups is 2. The summed E-state index contributed by atoms with van der Waals surface area (Å²) in [7, 11) is 0. The number of aryl methyl sites for hydroxylation is 1. The summed E-state index contributed by atoms with van der Waals surface area (Å²) in [6.07, 6.45) is 5.53. The molecule has 2 saturated heterocycles. The van der Waals surface area contributed by atoms with Crippen LogP contribution in [0.5, 0.6) is 0 Å². The largest absolute Gasteiger partial charge is 0.361 e. The van der Waals surface area contributed by atoms with Crippen LogP contribution in [0.25, 0.3) is 0 Å². The molecule has 0 spiro atoms. The Balaban J connectivity index is 1.26. The molecule has 160 valence electrons. The van der Waals surface area contributed by atoms with Crippen LogP contribution < -0.4 is 5.32 Å². The Morgan fingerprint density at radius 3 is 2.73 bits per heavy atom. The lowest BCUT2D eigenvalue weighted by atomic mass is 9.93. The molecule has 0 bridgehead atoms. The summed E-state index contributed by atoms with van der Waals surface area (Å²) in [4.78, 5) is 33.8. The number of hydrogen-bond donors (Lipinski definition) is 1. The summed E-state index contributed by atoms with van der Waals surface area (Å²) in [6.45, 7) is 5.48. The molecule has 2 aromatic rings. The van der Waals surface area contributed by atoms with Crippen molar-refractivity contribution >= 4 is 11.8 Å². The van der Waals surface area contributed by atoms with Crippen LogP contribution in [-0.4, -0.2) is 64.0 Å². The number of pyridine rings is 1. The fourth-order valence-corrected chi connectivity index (χ4v) is 4.44. The van der Waals surface area contributed by atoms with Gasteiger partial charge in [0.15, 0.2) is 5.69 Å². The molecule has 1 atom stereocenters. The maximum atomic E-state index is 12.7. The van der Waals surface area contributed by atoms with E-state index in [-0.39, 0.29) is 17.7 Å². The highest BCUT2D eigenvalue weighted by Crippen LogP contribution is 2.25. The minimum atomic E-state index is -0.0595. The number of amides is 2. The SMILES string of the molecule is Cc1cc(C(=O)N2CCC(N3CCC[C@@H](C(=O)NCc4ccccn4)C3)CC2)no1. The quantitative estimate of drug-likeness (QED) is 0.809. The molecule has 2 amide bonds. The van der Waals surface area contributed by atoms with Crippen molar-refractivity contribution in [3.8, 4) is 0 Å². The second kappa shape index (κ2) is 9.38. The summed E-state index contributed by atoms with van der Waals surface area (Å²) in [5.74, 6) is 0.712. The Hall–Kier alpha value is -2.74. The van der Waals surface area contributed by atoms with Crippen molar-refractivity contribution < 1.29 is 14.1 Å². The molecular formula is C22H29N5O3. The molecule has 30 heavy (non-hydrogen) atoms. The Morgan fingerprint density at radius 2 is 2.03 bits per heavy atom. The molecule has 2 aromatic heterocycles. The number of likely N-dealkylation sites (tertiary alicyclic amines) is 2. The number of nitrogens with one attached hydrogen (secondary N) is 1. The molecule has 2 aliphatic heterocycles. The van der Waals surface area contributed by atoms with Crippen LogP contribution in [0.1, 0.15) is 47.6 Å². The first-order valence-corrected chi connectivity index (χ1v) is 10.7. The number of hydrogen-bond acceptors (Lipinski definition) is 6. The molecule has 4 rings (SSSR count). The van der Waals surface area contributed by atoms with Gasteiger partial charge in [-0.1, -0.05) is 11.2 Å². The predicted octanol–water partition coefficient (Wildman–Crippen LogP) is 2.01. The lowest BCUT2D eigenvalue weighted by Gasteiger charge is -2.41. The van der Waals surface area contributed by atoms with Crippen LogP contribution in [0.15, 0.2) is 35.0 Å². The van der Waals surface area contributed by atoms with Gasteiger partial charge >= 0.3 is 0 Å². The molecule has 4 heterocycles. The van der Waals surface area contributed by atoms with Crippen molar-refractivity contribution in [2.45, 2.75) is 45.2 Å². The Morgan fingerprint density at radius 1 is 1.20 bits per heavy atom. The summed E-state index contributed by atoms with van der Waals surface area (Å²) >= 11 is 0. The number of rotatable bonds is 5. The second-order valence-corrected chi connectivity index (χ2v) is 8.22. The highest BCUT2D eigenvalue weighted by Gasteiger charge is 2.33. The summed E-state index contributed by atoms with van der Waals surface area (Å²) in [6, 6.07) is 7.82. The van der Waals surface area contributed by atoms with E-state index in [4.69, 9.17) is 4.52 Å². The van der Waals surface area contributed by atoms with E-state index in [1.165, 1.54) is 0 Å². The average Bonchev–Trinajstić information content (AvgIpc) is 3.24. The average molecular weight is 412 g/mol. The highest BCUT2D eigenvalue weighted by atomic mass is 16.5. The van der Waals surface area contributed by atoms with E-state index in [9.17, 15) is 9.59 Å². The van der Waals surface area contributed by atoms with Gasteiger partial charge in [-0.15, -0.1) is 0 Å². The van der Waals surface area contributed by atoms with Gasteiger partial charge < -0.3 is 14.7 Å². The van der Waals surface area contributed by atoms with Gasteiger partial charge in [0, 0.05) is 37.9 Å². The highest BCUT2D eigenvalue weighted by molar-refractivity contribution is 5.92. The summed E-state index contributed by atoms with van der Waals surface area (Å²) < 4.78 is 5.03. The van der Waals surface area contributed by atoms with Crippen LogP contribution in [0, 0.1) is 12.8 Å². The van der Waals surface area contributed by atoms with Gasteiger partial charge in [0.05, 0.1) is 18.2 Å². The van der Waals surface area contributed by atoms with E-state index in [0.29, 0.717) is 37.1 Å². The molecule has 2 aliphatic rings. The van der Waals surface area contributed by atoms with Crippen molar-refractivity contribution in [1.82, 2.24) is 25.3 Å². The third-order valence-electron chi connectivity index (χ3n) is 6.11. The van der Waals surface area contributed by atoms with E-state index in [0.717, 1.165) is 44.5 Å². The topological polar surface area (TPSA) is 91.6 Å². The van der Waals surface area contributed by atoms with Gasteiger partial charge in [0.1, 0.15) is 5.76 Å². The Bertz CT molecular complexity index is 861. The van der Waals surface area contributed by atoms with Crippen LogP contribution >= 0.6 is 0 Å². The van der Waals surface area contributed by atoms with E-state index in [1.54, 1.807) is 19.2 Å². The number of nitrogens with zero attached hydrogens (tertiary/aromatic N) is 4. The second-order valence-electron chi connectivity index (χ2n) is 8.22. The standard InChI is InChI=1S/C22H29N5O3/c1-16-13-20(25-30-16)22(29)26-11-7-19(8-12-26)27-10-4-5-17(15-27)21(28)24-14-18-6-2-3-9-23-18/h2-3,6,9,13,17,19H,4-5,7-8,10-12,14-15H2,1H3,(H,24,28)/t17-/m1/s1. The Kier molecular flexibility index (Phi) is 6.42. The molecule has 0 radical (unpaired) electrons. The lowest BCUT2D eigenvalue weighted by Crippen LogP contribution is -2.51. The minimum Gasteiger partial charge on any atom is -0.361 e. The van der Waals surface area contributed by atoms with Crippen molar-refractivity contribution in [2.75, 3.05) is 26.2 Å². The third-order valence-corrected chi connectivity index (χ3v) is 6.11. The van der Waals surface area contributed by atoms with E-state index in [2.05, 4.69) is 20.4 Å². The normalized spacial score (nSPS) is 20.8. The van der Waals surface area contributed by atoms with Gasteiger partial charge in [-0.25, -0.2) is 0 Å². The van der Waals surface area contributed by atoms with Crippen molar-refractivity contribution in [3.63, 3.8) is 0 Å². The Labute approximate surface area is 176 Å². The molecular weight excluding hydrogens is 382 g/mol. The van der Waals surface area contributed by atoms with Gasteiger partial charge in [-0.2, -0.15) is 0 Å². The maximum absolute atomic E-state index is 12.7. The van der Waals surface area contributed by atoms with Crippen molar-refractivity contribution in [1.29, 1.82) is 0 Å². The molecule has 0 saturated carbocycles. The number of carbonyl (C=O) groups excluding carboxylic acids is 2. The monoisotopic (exact) mass is 411 g/mol. The van der Waals surface area contributed by atoms with Crippen LogP contribution in [-0.2, 0) is 11.3 Å². The molecule has 8 heteroatoms. The van der Waals surface area contributed by atoms with Crippen LogP contribution in [0.2, 0.25) is 0 Å². The van der Waals surface area contributed by atoms with Crippen LogP contribution in [0.4, 0.5) is 0 Å². The summed E-state index contributed by atoms with van der Waals surface area (Å²) in [5.41, 5.74) is 1.26. The fourth-order valence-electron chi connectivity index (χ4n) is 4.44. The fraction of sp³-hybridized carbons (Fsp3) is 0.545. The van der Waals surface area contributed by atoms with Gasteiger partial charge in [0.25, 0.3) is 5.91 Å². The first kappa shape index (κ1) is 20.5. The molecule has 0 unspecified atom stereocenters. The van der Waals surface area contributed by atoms with E-state index >= 15 is 0 Å². The third kappa shape index (κ3) is 4.87.